The van der Waals surface area contributed by atoms with Crippen molar-refractivity contribution in [2.45, 2.75) is 39.7 Å². The van der Waals surface area contributed by atoms with Crippen molar-refractivity contribution in [3.63, 3.8) is 0 Å². The number of aromatic nitrogens is 1. The molecule has 0 saturated heterocycles. The van der Waals surface area contributed by atoms with Crippen molar-refractivity contribution in [1.29, 1.82) is 0 Å². The molecule has 2 N–H and O–H groups in total. The van der Waals surface area contributed by atoms with Gasteiger partial charge in [0.2, 0.25) is 0 Å². The fourth-order valence-electron chi connectivity index (χ4n) is 4.50. The topological polar surface area (TPSA) is 69.5 Å². The highest BCUT2D eigenvalue weighted by molar-refractivity contribution is 5.96. The number of esters is 1. The molecule has 1 aromatic heterocycles. The number of allylic oxidation sites excluding steroid dienone is 3. The van der Waals surface area contributed by atoms with Crippen LogP contribution in [0, 0.1) is 11.3 Å². The summed E-state index contributed by atoms with van der Waals surface area (Å²) in [6.45, 7) is 6.19. The Morgan fingerprint density at radius 2 is 1.83 bits per heavy atom. The van der Waals surface area contributed by atoms with Gasteiger partial charge in [-0.05, 0) is 23.5 Å². The quantitative estimate of drug-likeness (QED) is 0.791. The minimum absolute atomic E-state index is 0.142. The molecule has 1 aliphatic carbocycles. The Labute approximate surface area is 176 Å². The second kappa shape index (κ2) is 7.90. The molecule has 0 spiro atoms. The average molecular weight is 404 g/mol. The van der Waals surface area contributed by atoms with Crippen LogP contribution in [0.1, 0.15) is 44.2 Å². The number of carbonyl (C=O) groups excluding carboxylic acids is 2. The second-order valence-electron chi connectivity index (χ2n) is 8.75. The number of pyridine rings is 1. The van der Waals surface area contributed by atoms with E-state index in [2.05, 4.69) is 30.2 Å². The SMILES string of the molecule is CC1=C(C(=O)OCc2ccccc2)C(c2cc[nH+]cc2)C2C(=O)CC(C)(C)C=C2N1. The molecule has 30 heavy (non-hydrogen) atoms. The normalized spacial score (nSPS) is 22.6. The highest BCUT2D eigenvalue weighted by atomic mass is 16.5. The van der Waals surface area contributed by atoms with Crippen molar-refractivity contribution in [3.05, 3.63) is 89.0 Å². The van der Waals surface area contributed by atoms with E-state index < -0.39 is 11.9 Å². The minimum atomic E-state index is -0.414. The maximum atomic E-state index is 13.2. The zero-order chi connectivity index (χ0) is 21.3. The standard InChI is InChI=1S/C25H26N2O3/c1-16-21(24(29)30-15-17-7-5-4-6-8-17)22(18-9-11-26-12-10-18)23-19(27-16)13-25(2,3)14-20(23)28/h4-13,22-23,27H,14-15H2,1-3H3/p+1. The third kappa shape index (κ3) is 3.92. The number of ether oxygens (including phenoxy) is 1. The number of fused-ring (bicyclic) bond motifs is 1. The summed E-state index contributed by atoms with van der Waals surface area (Å²) in [7, 11) is 0. The molecule has 5 heteroatoms. The fraction of sp³-hybridized carbons (Fsp3) is 0.320. The predicted octanol–water partition coefficient (Wildman–Crippen LogP) is 3.70. The van der Waals surface area contributed by atoms with Crippen molar-refractivity contribution in [2.24, 2.45) is 11.3 Å². The molecule has 0 bridgehead atoms. The second-order valence-corrected chi connectivity index (χ2v) is 8.75. The Morgan fingerprint density at radius 1 is 1.13 bits per heavy atom. The molecule has 2 aromatic rings. The van der Waals surface area contributed by atoms with Crippen LogP contribution in [0.2, 0.25) is 0 Å². The molecule has 0 saturated carbocycles. The van der Waals surface area contributed by atoms with E-state index in [-0.39, 0.29) is 23.7 Å². The van der Waals surface area contributed by atoms with Crippen LogP contribution in [-0.2, 0) is 20.9 Å². The van der Waals surface area contributed by atoms with Gasteiger partial charge in [0, 0.05) is 35.9 Å². The van der Waals surface area contributed by atoms with Crippen molar-refractivity contribution >= 4 is 11.8 Å². The van der Waals surface area contributed by atoms with Gasteiger partial charge >= 0.3 is 5.97 Å². The number of H-pyrrole nitrogens is 1. The molecule has 1 aliphatic heterocycles. The van der Waals surface area contributed by atoms with E-state index >= 15 is 0 Å². The third-order valence-corrected chi connectivity index (χ3v) is 5.77. The van der Waals surface area contributed by atoms with Gasteiger partial charge in [0.1, 0.15) is 12.4 Å². The van der Waals surface area contributed by atoms with Crippen LogP contribution in [0.5, 0.6) is 0 Å². The first kappa shape index (κ1) is 20.1. The molecular formula is C25H27N2O3+. The van der Waals surface area contributed by atoms with Crippen molar-refractivity contribution in [1.82, 2.24) is 5.32 Å². The van der Waals surface area contributed by atoms with E-state index in [1.54, 1.807) is 0 Å². The average Bonchev–Trinajstić information content (AvgIpc) is 2.71. The number of benzene rings is 1. The van der Waals surface area contributed by atoms with E-state index in [1.807, 2.05) is 61.8 Å². The fourth-order valence-corrected chi connectivity index (χ4v) is 4.50. The van der Waals surface area contributed by atoms with Gasteiger partial charge < -0.3 is 10.1 Å². The largest absolute Gasteiger partial charge is 0.457 e. The highest BCUT2D eigenvalue weighted by Crippen LogP contribution is 2.46. The summed E-state index contributed by atoms with van der Waals surface area (Å²) in [5.41, 5.74) is 3.77. The summed E-state index contributed by atoms with van der Waals surface area (Å²) in [5.74, 6) is -1.04. The van der Waals surface area contributed by atoms with Crippen molar-refractivity contribution in [2.75, 3.05) is 0 Å². The number of aromatic amines is 1. The Morgan fingerprint density at radius 3 is 2.53 bits per heavy atom. The van der Waals surface area contributed by atoms with E-state index in [0.29, 0.717) is 12.0 Å². The lowest BCUT2D eigenvalue weighted by Gasteiger charge is -2.41. The van der Waals surface area contributed by atoms with Crippen LogP contribution < -0.4 is 10.3 Å². The molecule has 0 amide bonds. The van der Waals surface area contributed by atoms with Gasteiger partial charge in [0.25, 0.3) is 0 Å². The number of ketones is 1. The molecule has 0 fully saturated rings. The van der Waals surface area contributed by atoms with Gasteiger partial charge in [0.05, 0.1) is 11.5 Å². The monoisotopic (exact) mass is 403 g/mol. The Kier molecular flexibility index (Phi) is 5.29. The number of Topliss-reactive ketones (excluding diaryl/α,β-unsaturated/α-hetero) is 1. The molecule has 4 rings (SSSR count). The molecule has 2 heterocycles. The summed E-state index contributed by atoms with van der Waals surface area (Å²) in [6, 6.07) is 13.5. The molecule has 2 unspecified atom stereocenters. The van der Waals surface area contributed by atoms with Crippen molar-refractivity contribution in [3.8, 4) is 0 Å². The number of nitrogens with one attached hydrogen (secondary N) is 2. The Hall–Kier alpha value is -3.21. The van der Waals surface area contributed by atoms with Crippen LogP contribution in [0.4, 0.5) is 0 Å². The first-order valence-corrected chi connectivity index (χ1v) is 10.3. The Balaban J connectivity index is 1.73. The molecule has 1 aromatic carbocycles. The van der Waals surface area contributed by atoms with Gasteiger partial charge in [-0.25, -0.2) is 9.78 Å². The van der Waals surface area contributed by atoms with Gasteiger partial charge in [0.15, 0.2) is 12.4 Å². The van der Waals surface area contributed by atoms with Crippen LogP contribution >= 0.6 is 0 Å². The number of hydrogen-bond donors (Lipinski definition) is 1. The third-order valence-electron chi connectivity index (χ3n) is 5.77. The van der Waals surface area contributed by atoms with Gasteiger partial charge in [-0.3, -0.25) is 4.79 Å². The van der Waals surface area contributed by atoms with Crippen LogP contribution in [0.25, 0.3) is 0 Å². The summed E-state index contributed by atoms with van der Waals surface area (Å²) in [5, 5.41) is 3.34. The molecule has 5 nitrogen and oxygen atoms in total. The summed E-state index contributed by atoms with van der Waals surface area (Å²) >= 11 is 0. The zero-order valence-corrected chi connectivity index (χ0v) is 17.6. The Bertz CT molecular complexity index is 1020. The van der Waals surface area contributed by atoms with Crippen LogP contribution in [0.3, 0.4) is 0 Å². The van der Waals surface area contributed by atoms with Gasteiger partial charge in [-0.15, -0.1) is 0 Å². The smallest absolute Gasteiger partial charge is 0.336 e. The molecular weight excluding hydrogens is 376 g/mol. The van der Waals surface area contributed by atoms with E-state index in [1.165, 1.54) is 0 Å². The first-order chi connectivity index (χ1) is 14.4. The lowest BCUT2D eigenvalue weighted by molar-refractivity contribution is -0.378. The predicted molar refractivity (Wildman–Crippen MR) is 113 cm³/mol. The van der Waals surface area contributed by atoms with E-state index in [0.717, 1.165) is 22.5 Å². The highest BCUT2D eigenvalue weighted by Gasteiger charge is 2.46. The van der Waals surface area contributed by atoms with Gasteiger partial charge in [-0.1, -0.05) is 50.3 Å². The molecule has 2 aliphatic rings. The summed E-state index contributed by atoms with van der Waals surface area (Å²) < 4.78 is 5.67. The van der Waals surface area contributed by atoms with Crippen LogP contribution in [-0.4, -0.2) is 11.8 Å². The summed E-state index contributed by atoms with van der Waals surface area (Å²) in [4.78, 5) is 29.5. The maximum Gasteiger partial charge on any atom is 0.336 e. The first-order valence-electron chi connectivity index (χ1n) is 10.3. The van der Waals surface area contributed by atoms with Crippen LogP contribution in [0.15, 0.2) is 77.9 Å². The van der Waals surface area contributed by atoms with E-state index in [4.69, 9.17) is 4.74 Å². The van der Waals surface area contributed by atoms with E-state index in [9.17, 15) is 9.59 Å². The number of hydrogen-bond acceptors (Lipinski definition) is 4. The zero-order valence-electron chi connectivity index (χ0n) is 17.6. The molecule has 154 valence electrons. The van der Waals surface area contributed by atoms with Gasteiger partial charge in [-0.2, -0.15) is 0 Å². The molecule has 2 atom stereocenters. The minimum Gasteiger partial charge on any atom is -0.457 e. The summed E-state index contributed by atoms with van der Waals surface area (Å²) in [6.07, 6.45) is 6.22. The lowest BCUT2D eigenvalue weighted by Crippen LogP contribution is -2.43. The maximum absolute atomic E-state index is 13.2. The number of rotatable bonds is 4. The molecule has 0 radical (unpaired) electrons. The lowest BCUT2D eigenvalue weighted by atomic mass is 9.66. The van der Waals surface area contributed by atoms with Crippen molar-refractivity contribution < 1.29 is 19.3 Å². The number of carbonyl (C=O) groups is 2.